The summed E-state index contributed by atoms with van der Waals surface area (Å²) in [4.78, 5) is 13.7. The second-order valence-corrected chi connectivity index (χ2v) is 6.83. The summed E-state index contributed by atoms with van der Waals surface area (Å²) < 4.78 is 11.1. The molecule has 1 heterocycles. The van der Waals surface area contributed by atoms with Crippen LogP contribution in [0.2, 0.25) is 0 Å². The number of carboxylic acid groups (broad SMARTS) is 1. The van der Waals surface area contributed by atoms with Crippen LogP contribution in [0.3, 0.4) is 0 Å². The molecular formula is C22H27NO4. The molecule has 2 aromatic rings. The van der Waals surface area contributed by atoms with Crippen molar-refractivity contribution in [3.63, 3.8) is 0 Å². The van der Waals surface area contributed by atoms with E-state index in [0.717, 1.165) is 35.7 Å². The Labute approximate surface area is 160 Å². The molecule has 1 N–H and O–H groups in total. The zero-order chi connectivity index (χ0) is 19.2. The summed E-state index contributed by atoms with van der Waals surface area (Å²) in [5.74, 6) is 0.732. The maximum absolute atomic E-state index is 11.3. The molecule has 1 aliphatic heterocycles. The summed E-state index contributed by atoms with van der Waals surface area (Å²) >= 11 is 0. The van der Waals surface area contributed by atoms with Gasteiger partial charge in [-0.3, -0.25) is 9.69 Å². The minimum absolute atomic E-state index is 0.0373. The van der Waals surface area contributed by atoms with Crippen molar-refractivity contribution in [1.29, 1.82) is 0 Å². The quantitative estimate of drug-likeness (QED) is 0.800. The molecule has 5 nitrogen and oxygen atoms in total. The van der Waals surface area contributed by atoms with E-state index in [9.17, 15) is 9.90 Å². The lowest BCUT2D eigenvalue weighted by Gasteiger charge is -2.37. The molecule has 1 aliphatic rings. The molecule has 5 heteroatoms. The first-order valence-corrected chi connectivity index (χ1v) is 9.46. The number of aliphatic carboxylic acids is 1. The number of nitrogens with zero attached hydrogens (tertiary/aromatic N) is 1. The minimum Gasteiger partial charge on any atom is -0.497 e. The molecule has 0 radical (unpaired) electrons. The fourth-order valence-electron chi connectivity index (χ4n) is 3.77. The Balaban J connectivity index is 1.94. The molecule has 0 aromatic heterocycles. The van der Waals surface area contributed by atoms with Crippen LogP contribution in [0.4, 0.5) is 0 Å². The number of ether oxygens (including phenoxy) is 2. The van der Waals surface area contributed by atoms with Crippen LogP contribution in [-0.4, -0.2) is 42.8 Å². The number of rotatable bonds is 7. The standard InChI is InChI=1S/C22H27NO4/c1-3-27-20-9-5-7-18(15-20)21(17-6-4-8-19(14-17)26-2)23-12-10-16(11-13-23)22(24)25/h4-9,14-16,21H,3,10-13H2,1-2H3,(H,24,25). The van der Waals surface area contributed by atoms with Crippen LogP contribution in [0.25, 0.3) is 0 Å². The largest absolute Gasteiger partial charge is 0.497 e. The van der Waals surface area contributed by atoms with Crippen LogP contribution in [0.15, 0.2) is 48.5 Å². The number of carboxylic acids is 1. The van der Waals surface area contributed by atoms with Crippen LogP contribution < -0.4 is 9.47 Å². The lowest BCUT2D eigenvalue weighted by molar-refractivity contribution is -0.143. The Kier molecular flexibility index (Phi) is 6.35. The molecule has 0 amide bonds. The summed E-state index contributed by atoms with van der Waals surface area (Å²) in [7, 11) is 1.67. The number of likely N-dealkylation sites (tertiary alicyclic amines) is 1. The first kappa shape index (κ1) is 19.2. The molecule has 2 aromatic carbocycles. The molecule has 3 rings (SSSR count). The zero-order valence-electron chi connectivity index (χ0n) is 15.9. The van der Waals surface area contributed by atoms with Crippen molar-refractivity contribution in [2.75, 3.05) is 26.8 Å². The molecule has 1 atom stereocenters. The average Bonchev–Trinajstić information content (AvgIpc) is 2.69. The minimum atomic E-state index is -0.689. The molecule has 1 saturated heterocycles. The third-order valence-electron chi connectivity index (χ3n) is 5.14. The number of benzene rings is 2. The SMILES string of the molecule is CCOc1cccc(C(c2cccc(OC)c2)N2CCC(C(=O)O)CC2)c1. The molecule has 144 valence electrons. The van der Waals surface area contributed by atoms with Gasteiger partial charge in [0.25, 0.3) is 0 Å². The molecule has 0 bridgehead atoms. The lowest BCUT2D eigenvalue weighted by atomic mass is 9.91. The fraction of sp³-hybridized carbons (Fsp3) is 0.409. The molecule has 1 fully saturated rings. The normalized spacial score (nSPS) is 16.7. The van der Waals surface area contributed by atoms with Crippen LogP contribution >= 0.6 is 0 Å². The lowest BCUT2D eigenvalue weighted by Crippen LogP contribution is -2.39. The highest BCUT2D eigenvalue weighted by atomic mass is 16.5. The van der Waals surface area contributed by atoms with E-state index in [1.807, 2.05) is 31.2 Å². The van der Waals surface area contributed by atoms with E-state index in [4.69, 9.17) is 9.47 Å². The van der Waals surface area contributed by atoms with Crippen LogP contribution in [0.1, 0.15) is 36.9 Å². The third kappa shape index (κ3) is 4.61. The van der Waals surface area contributed by atoms with Gasteiger partial charge in [0.2, 0.25) is 0 Å². The van der Waals surface area contributed by atoms with E-state index in [2.05, 4.69) is 29.2 Å². The summed E-state index contributed by atoms with van der Waals surface area (Å²) in [5.41, 5.74) is 2.28. The van der Waals surface area contributed by atoms with Crippen LogP contribution in [0.5, 0.6) is 11.5 Å². The van der Waals surface area contributed by atoms with Gasteiger partial charge in [0, 0.05) is 0 Å². The van der Waals surface area contributed by atoms with E-state index in [1.54, 1.807) is 7.11 Å². The van der Waals surface area contributed by atoms with Crippen molar-refractivity contribution in [3.8, 4) is 11.5 Å². The Morgan fingerprint density at radius 1 is 1.11 bits per heavy atom. The topological polar surface area (TPSA) is 59.0 Å². The van der Waals surface area contributed by atoms with Crippen molar-refractivity contribution in [2.24, 2.45) is 5.92 Å². The van der Waals surface area contributed by atoms with Crippen LogP contribution in [-0.2, 0) is 4.79 Å². The van der Waals surface area contributed by atoms with E-state index in [1.165, 1.54) is 0 Å². The molecule has 1 unspecified atom stereocenters. The van der Waals surface area contributed by atoms with Crippen molar-refractivity contribution in [2.45, 2.75) is 25.8 Å². The van der Waals surface area contributed by atoms with Crippen molar-refractivity contribution < 1.29 is 19.4 Å². The van der Waals surface area contributed by atoms with Gasteiger partial charge in [-0.05, 0) is 68.2 Å². The predicted octanol–water partition coefficient (Wildman–Crippen LogP) is 3.98. The number of methoxy groups -OCH3 is 1. The highest BCUT2D eigenvalue weighted by Crippen LogP contribution is 2.35. The van der Waals surface area contributed by atoms with Gasteiger partial charge in [0.05, 0.1) is 25.7 Å². The predicted molar refractivity (Wildman–Crippen MR) is 104 cm³/mol. The van der Waals surface area contributed by atoms with E-state index in [-0.39, 0.29) is 12.0 Å². The average molecular weight is 369 g/mol. The zero-order valence-corrected chi connectivity index (χ0v) is 15.9. The van der Waals surface area contributed by atoms with Gasteiger partial charge in [-0.1, -0.05) is 24.3 Å². The monoisotopic (exact) mass is 369 g/mol. The summed E-state index contributed by atoms with van der Waals surface area (Å²) in [6.45, 7) is 4.09. The highest BCUT2D eigenvalue weighted by molar-refractivity contribution is 5.70. The first-order valence-electron chi connectivity index (χ1n) is 9.46. The number of carbonyl (C=O) groups is 1. The summed E-state index contributed by atoms with van der Waals surface area (Å²) in [6.07, 6.45) is 1.34. The highest BCUT2D eigenvalue weighted by Gasteiger charge is 2.30. The van der Waals surface area contributed by atoms with Gasteiger partial charge in [0.15, 0.2) is 0 Å². The Morgan fingerprint density at radius 3 is 2.26 bits per heavy atom. The molecular weight excluding hydrogens is 342 g/mol. The smallest absolute Gasteiger partial charge is 0.306 e. The molecule has 0 saturated carbocycles. The number of piperidine rings is 1. The van der Waals surface area contributed by atoms with Crippen LogP contribution in [0, 0.1) is 5.92 Å². The third-order valence-corrected chi connectivity index (χ3v) is 5.14. The number of hydrogen-bond donors (Lipinski definition) is 1. The second-order valence-electron chi connectivity index (χ2n) is 6.83. The maximum atomic E-state index is 11.3. The van der Waals surface area contributed by atoms with Crippen molar-refractivity contribution in [3.05, 3.63) is 59.7 Å². The Bertz CT molecular complexity index is 768. The maximum Gasteiger partial charge on any atom is 0.306 e. The van der Waals surface area contributed by atoms with E-state index >= 15 is 0 Å². The Hall–Kier alpha value is -2.53. The molecule has 27 heavy (non-hydrogen) atoms. The number of hydrogen-bond acceptors (Lipinski definition) is 4. The summed E-state index contributed by atoms with van der Waals surface area (Å²) in [5, 5.41) is 9.31. The van der Waals surface area contributed by atoms with E-state index < -0.39 is 5.97 Å². The van der Waals surface area contributed by atoms with Gasteiger partial charge >= 0.3 is 5.97 Å². The molecule has 0 spiro atoms. The van der Waals surface area contributed by atoms with Crippen molar-refractivity contribution in [1.82, 2.24) is 4.90 Å². The second kappa shape index (κ2) is 8.91. The van der Waals surface area contributed by atoms with Gasteiger partial charge in [-0.15, -0.1) is 0 Å². The van der Waals surface area contributed by atoms with Gasteiger partial charge in [-0.2, -0.15) is 0 Å². The molecule has 0 aliphatic carbocycles. The van der Waals surface area contributed by atoms with Gasteiger partial charge < -0.3 is 14.6 Å². The first-order chi connectivity index (χ1) is 13.1. The van der Waals surface area contributed by atoms with Gasteiger partial charge in [0.1, 0.15) is 11.5 Å². The van der Waals surface area contributed by atoms with Crippen molar-refractivity contribution >= 4 is 5.97 Å². The van der Waals surface area contributed by atoms with E-state index in [0.29, 0.717) is 19.4 Å². The van der Waals surface area contributed by atoms with Gasteiger partial charge in [-0.25, -0.2) is 0 Å². The fourth-order valence-corrected chi connectivity index (χ4v) is 3.77. The Morgan fingerprint density at radius 2 is 1.70 bits per heavy atom. The summed E-state index contributed by atoms with van der Waals surface area (Å²) in [6, 6.07) is 16.3.